The molecule has 0 spiro atoms. The van der Waals surface area contributed by atoms with Gasteiger partial charge in [0.2, 0.25) is 0 Å². The van der Waals surface area contributed by atoms with Crippen molar-refractivity contribution in [1.82, 2.24) is 4.90 Å². The van der Waals surface area contributed by atoms with E-state index in [2.05, 4.69) is 38.7 Å². The van der Waals surface area contributed by atoms with E-state index in [9.17, 15) is 0 Å². The van der Waals surface area contributed by atoms with Crippen molar-refractivity contribution in [2.45, 2.75) is 40.2 Å². The lowest BCUT2D eigenvalue weighted by molar-refractivity contribution is -0.0132. The summed E-state index contributed by atoms with van der Waals surface area (Å²) >= 11 is 0. The number of nitriles is 1. The van der Waals surface area contributed by atoms with Crippen LogP contribution in [-0.4, -0.2) is 36.7 Å². The first kappa shape index (κ1) is 14.4. The van der Waals surface area contributed by atoms with Gasteiger partial charge in [-0.3, -0.25) is 0 Å². The predicted octanol–water partition coefficient (Wildman–Crippen LogP) is 2.28. The van der Waals surface area contributed by atoms with E-state index in [0.29, 0.717) is 0 Å². The molecule has 1 atom stereocenters. The first-order chi connectivity index (χ1) is 6.89. The van der Waals surface area contributed by atoms with Crippen molar-refractivity contribution in [2.75, 3.05) is 26.2 Å². The zero-order valence-electron chi connectivity index (χ0n) is 10.7. The third-order valence-corrected chi connectivity index (χ3v) is 2.14. The van der Waals surface area contributed by atoms with Crippen LogP contribution in [0.15, 0.2) is 0 Å². The zero-order chi connectivity index (χ0) is 11.9. The maximum atomic E-state index is 8.73. The van der Waals surface area contributed by atoms with E-state index in [0.717, 1.165) is 26.2 Å². The molecule has 3 nitrogen and oxygen atoms in total. The highest BCUT2D eigenvalue weighted by molar-refractivity contribution is 4.81. The van der Waals surface area contributed by atoms with Crippen LogP contribution in [0.2, 0.25) is 0 Å². The second kappa shape index (κ2) is 6.81. The van der Waals surface area contributed by atoms with E-state index in [1.165, 1.54) is 0 Å². The molecule has 88 valence electrons. The summed E-state index contributed by atoms with van der Waals surface area (Å²) in [4.78, 5) is 2.25. The van der Waals surface area contributed by atoms with Crippen LogP contribution in [0.4, 0.5) is 0 Å². The SMILES string of the molecule is CCN(CCOC(C)(C)C)CC(C)C#N. The number of likely N-dealkylation sites (N-methyl/N-ethyl adjacent to an activating group) is 1. The number of hydrogen-bond donors (Lipinski definition) is 0. The number of hydrogen-bond acceptors (Lipinski definition) is 3. The number of rotatable bonds is 6. The largest absolute Gasteiger partial charge is 0.375 e. The molecule has 3 heteroatoms. The van der Waals surface area contributed by atoms with Gasteiger partial charge in [0.1, 0.15) is 0 Å². The van der Waals surface area contributed by atoms with Gasteiger partial charge in [-0.25, -0.2) is 0 Å². The highest BCUT2D eigenvalue weighted by Crippen LogP contribution is 2.06. The molecule has 0 saturated carbocycles. The Hall–Kier alpha value is -0.590. The second-order valence-electron chi connectivity index (χ2n) is 4.88. The Kier molecular flexibility index (Phi) is 6.55. The fourth-order valence-corrected chi connectivity index (χ4v) is 1.29. The molecule has 1 unspecified atom stereocenters. The van der Waals surface area contributed by atoms with Crippen LogP contribution in [0.25, 0.3) is 0 Å². The Morgan fingerprint density at radius 1 is 1.40 bits per heavy atom. The van der Waals surface area contributed by atoms with Crippen LogP contribution < -0.4 is 0 Å². The summed E-state index contributed by atoms with van der Waals surface area (Å²) in [5.74, 6) is 0.0968. The fraction of sp³-hybridized carbons (Fsp3) is 0.917. The Bertz CT molecular complexity index is 203. The minimum absolute atomic E-state index is 0.0692. The van der Waals surface area contributed by atoms with Crippen molar-refractivity contribution >= 4 is 0 Å². The van der Waals surface area contributed by atoms with E-state index < -0.39 is 0 Å². The van der Waals surface area contributed by atoms with Crippen LogP contribution in [-0.2, 0) is 4.74 Å². The third kappa shape index (κ3) is 8.41. The van der Waals surface area contributed by atoms with E-state index >= 15 is 0 Å². The molecule has 0 aliphatic rings. The monoisotopic (exact) mass is 212 g/mol. The molecule has 0 rings (SSSR count). The first-order valence-electron chi connectivity index (χ1n) is 5.65. The smallest absolute Gasteiger partial charge is 0.0666 e. The summed E-state index contributed by atoms with van der Waals surface area (Å²) in [6, 6.07) is 2.25. The Balaban J connectivity index is 3.77. The molecule has 0 aliphatic carbocycles. The van der Waals surface area contributed by atoms with Crippen molar-refractivity contribution in [3.8, 4) is 6.07 Å². The lowest BCUT2D eigenvalue weighted by Gasteiger charge is -2.25. The van der Waals surface area contributed by atoms with Gasteiger partial charge in [0.15, 0.2) is 0 Å². The summed E-state index contributed by atoms with van der Waals surface area (Å²) in [5, 5.41) is 8.73. The van der Waals surface area contributed by atoms with Gasteiger partial charge in [0, 0.05) is 13.1 Å². The molecule has 0 amide bonds. The molecule has 0 N–H and O–H groups in total. The molecule has 0 fully saturated rings. The number of nitrogens with zero attached hydrogens (tertiary/aromatic N) is 2. The predicted molar refractivity (Wildman–Crippen MR) is 62.6 cm³/mol. The van der Waals surface area contributed by atoms with Crippen LogP contribution in [0.5, 0.6) is 0 Å². The highest BCUT2D eigenvalue weighted by Gasteiger charge is 2.12. The van der Waals surface area contributed by atoms with Gasteiger partial charge >= 0.3 is 0 Å². The average molecular weight is 212 g/mol. The molecule has 15 heavy (non-hydrogen) atoms. The molecule has 0 aliphatic heterocycles. The molecular formula is C12H24N2O. The first-order valence-corrected chi connectivity index (χ1v) is 5.65. The van der Waals surface area contributed by atoms with E-state index in [1.54, 1.807) is 0 Å². The summed E-state index contributed by atoms with van der Waals surface area (Å²) in [5.41, 5.74) is -0.0692. The van der Waals surface area contributed by atoms with Crippen molar-refractivity contribution in [1.29, 1.82) is 5.26 Å². The highest BCUT2D eigenvalue weighted by atomic mass is 16.5. The molecule has 0 radical (unpaired) electrons. The molecule has 0 saturated heterocycles. The molecule has 0 aromatic heterocycles. The Morgan fingerprint density at radius 2 is 2.00 bits per heavy atom. The fourth-order valence-electron chi connectivity index (χ4n) is 1.29. The van der Waals surface area contributed by atoms with Gasteiger partial charge in [-0.1, -0.05) is 6.92 Å². The van der Waals surface area contributed by atoms with E-state index in [-0.39, 0.29) is 11.5 Å². The second-order valence-corrected chi connectivity index (χ2v) is 4.88. The minimum atomic E-state index is -0.0692. The molecule has 0 aromatic carbocycles. The van der Waals surface area contributed by atoms with Gasteiger partial charge in [-0.15, -0.1) is 0 Å². The maximum absolute atomic E-state index is 8.73. The standard InChI is InChI=1S/C12H24N2O/c1-6-14(10-11(2)9-13)7-8-15-12(3,4)5/h11H,6-8,10H2,1-5H3. The van der Waals surface area contributed by atoms with Crippen LogP contribution in [0, 0.1) is 17.2 Å². The van der Waals surface area contributed by atoms with Gasteiger partial charge in [0.25, 0.3) is 0 Å². The maximum Gasteiger partial charge on any atom is 0.0666 e. The Labute approximate surface area is 94.0 Å². The van der Waals surface area contributed by atoms with Crippen molar-refractivity contribution in [3.05, 3.63) is 0 Å². The molecular weight excluding hydrogens is 188 g/mol. The summed E-state index contributed by atoms with van der Waals surface area (Å²) in [7, 11) is 0. The summed E-state index contributed by atoms with van der Waals surface area (Å²) in [6.45, 7) is 13.7. The van der Waals surface area contributed by atoms with Gasteiger partial charge in [-0.2, -0.15) is 5.26 Å². The van der Waals surface area contributed by atoms with E-state index in [1.807, 2.05) is 6.92 Å². The minimum Gasteiger partial charge on any atom is -0.375 e. The van der Waals surface area contributed by atoms with Crippen LogP contribution in [0.3, 0.4) is 0 Å². The quantitative estimate of drug-likeness (QED) is 0.677. The summed E-state index contributed by atoms with van der Waals surface area (Å²) < 4.78 is 5.65. The topological polar surface area (TPSA) is 36.3 Å². The van der Waals surface area contributed by atoms with Crippen molar-refractivity contribution in [2.24, 2.45) is 5.92 Å². The van der Waals surface area contributed by atoms with E-state index in [4.69, 9.17) is 10.00 Å². The third-order valence-electron chi connectivity index (χ3n) is 2.14. The average Bonchev–Trinajstić information content (AvgIpc) is 2.14. The summed E-state index contributed by atoms with van der Waals surface area (Å²) in [6.07, 6.45) is 0. The Morgan fingerprint density at radius 3 is 2.40 bits per heavy atom. The van der Waals surface area contributed by atoms with Crippen LogP contribution >= 0.6 is 0 Å². The van der Waals surface area contributed by atoms with Gasteiger partial charge in [0.05, 0.1) is 24.2 Å². The normalized spacial score (nSPS) is 13.9. The van der Waals surface area contributed by atoms with Crippen molar-refractivity contribution < 1.29 is 4.74 Å². The molecule has 0 heterocycles. The van der Waals surface area contributed by atoms with Crippen molar-refractivity contribution in [3.63, 3.8) is 0 Å². The number of ether oxygens (including phenoxy) is 1. The zero-order valence-corrected chi connectivity index (χ0v) is 10.7. The lowest BCUT2D eigenvalue weighted by Crippen LogP contribution is -2.33. The van der Waals surface area contributed by atoms with Gasteiger partial charge < -0.3 is 9.64 Å². The molecule has 0 aromatic rings. The molecule has 0 bridgehead atoms. The van der Waals surface area contributed by atoms with Crippen LogP contribution in [0.1, 0.15) is 34.6 Å². The lowest BCUT2D eigenvalue weighted by atomic mass is 10.2. The van der Waals surface area contributed by atoms with Gasteiger partial charge in [-0.05, 0) is 34.2 Å².